The number of rotatable bonds is 30. The lowest BCUT2D eigenvalue weighted by atomic mass is 9.84. The number of amides is 1. The third-order valence-corrected chi connectivity index (χ3v) is 15.6. The summed E-state index contributed by atoms with van der Waals surface area (Å²) in [5.74, 6) is 0.663. The van der Waals surface area contributed by atoms with Crippen LogP contribution in [0.25, 0.3) is 39.3 Å². The molecule has 5 rings (SSSR count). The fraction of sp³-hybridized carbons (Fsp3) is 0.603. The van der Waals surface area contributed by atoms with Crippen molar-refractivity contribution < 1.29 is 33.3 Å². The number of ether oxygens (including phenoxy) is 4. The molecule has 3 N–H and O–H groups in total. The molecule has 12 heteroatoms. The number of aromatic nitrogens is 4. The van der Waals surface area contributed by atoms with Gasteiger partial charge < -0.3 is 34.2 Å². The highest BCUT2D eigenvalue weighted by Gasteiger charge is 2.36. The average molecular weight is 1030 g/mol. The zero-order chi connectivity index (χ0) is 54.8. The van der Waals surface area contributed by atoms with E-state index in [4.69, 9.17) is 28.9 Å². The number of aromatic amines is 2. The van der Waals surface area contributed by atoms with Crippen molar-refractivity contribution in [3.63, 3.8) is 0 Å². The Morgan fingerprint density at radius 2 is 1.43 bits per heavy atom. The minimum Gasteiger partial charge on any atom is -0.469 e. The average Bonchev–Trinajstić information content (AvgIpc) is 4.06. The van der Waals surface area contributed by atoms with Crippen LogP contribution >= 0.6 is 0 Å². The first kappa shape index (κ1) is 60.5. The second kappa shape index (κ2) is 29.8. The van der Waals surface area contributed by atoms with Crippen LogP contribution in [0.1, 0.15) is 215 Å². The quantitative estimate of drug-likeness (QED) is 0.0256. The van der Waals surface area contributed by atoms with Gasteiger partial charge in [0.25, 0.3) is 5.91 Å². The van der Waals surface area contributed by atoms with Crippen LogP contribution in [-0.4, -0.2) is 77.5 Å². The van der Waals surface area contributed by atoms with Crippen molar-refractivity contribution in [3.05, 3.63) is 87.0 Å². The molecule has 0 radical (unpaired) electrons. The topological polar surface area (TPSA) is 158 Å². The van der Waals surface area contributed by atoms with Crippen LogP contribution in [0.4, 0.5) is 0 Å². The summed E-state index contributed by atoms with van der Waals surface area (Å²) >= 11 is 0. The second-order valence-corrected chi connectivity index (χ2v) is 21.8. The molecule has 0 saturated carbocycles. The summed E-state index contributed by atoms with van der Waals surface area (Å²) in [5.41, 5.74) is 12.9. The van der Waals surface area contributed by atoms with Gasteiger partial charge in [0.1, 0.15) is 6.61 Å². The largest absolute Gasteiger partial charge is 0.469 e. The molecule has 0 fully saturated rings. The first-order chi connectivity index (χ1) is 35.9. The van der Waals surface area contributed by atoms with E-state index < -0.39 is 5.97 Å². The zero-order valence-corrected chi connectivity index (χ0v) is 48.2. The van der Waals surface area contributed by atoms with Crippen molar-refractivity contribution in [3.8, 4) is 0 Å². The van der Waals surface area contributed by atoms with Gasteiger partial charge in [0.05, 0.1) is 36.2 Å². The van der Waals surface area contributed by atoms with E-state index in [0.29, 0.717) is 78.7 Å². The van der Waals surface area contributed by atoms with E-state index in [-0.39, 0.29) is 49.5 Å². The lowest BCUT2D eigenvalue weighted by Gasteiger charge is -2.19. The van der Waals surface area contributed by atoms with Crippen LogP contribution in [0.15, 0.2) is 36.4 Å². The normalized spacial score (nSPS) is 15.7. The molecule has 0 aliphatic carbocycles. The van der Waals surface area contributed by atoms with Crippen molar-refractivity contribution >= 4 is 57.1 Å². The molecule has 3 aromatic heterocycles. The Morgan fingerprint density at radius 1 is 0.773 bits per heavy atom. The standard InChI is InChI=1S/C63H93N5O7/c1-15-47-43(10)51-36-53-45(12)49(30-31-57(69)75-34-32-42(9)28-21-27-41(8)26-20-25-40(7)24-19-23-39(5)6)61(67-53)50(35-58(70)72-14)62-60(63(71)64-33-22-29-59(73-17-3)74-18-4)46(13)54(68-62)38-56-48(16-2)44(11)52(66-56)37-55(47)65-51/h15,32,36-41,45,49,59,65-66H,1,16-31,33-35H2,2-14H3,(H,64,71). The molecule has 4 unspecified atom stereocenters. The Labute approximate surface area is 449 Å². The van der Waals surface area contributed by atoms with Gasteiger partial charge in [-0.1, -0.05) is 105 Å². The fourth-order valence-electron chi connectivity index (χ4n) is 10.9. The molecule has 0 spiro atoms. The highest BCUT2D eigenvalue weighted by Crippen LogP contribution is 2.44. The van der Waals surface area contributed by atoms with E-state index in [2.05, 4.69) is 96.3 Å². The maximum atomic E-state index is 14.7. The van der Waals surface area contributed by atoms with Gasteiger partial charge in [-0.15, -0.1) is 0 Å². The van der Waals surface area contributed by atoms with E-state index in [1.165, 1.54) is 57.6 Å². The summed E-state index contributed by atoms with van der Waals surface area (Å²) in [7, 11) is 1.36. The van der Waals surface area contributed by atoms with Gasteiger partial charge in [0.15, 0.2) is 6.29 Å². The predicted octanol–water partition coefficient (Wildman–Crippen LogP) is 14.7. The van der Waals surface area contributed by atoms with Crippen molar-refractivity contribution in [1.82, 2.24) is 25.3 Å². The number of H-pyrrole nitrogens is 2. The molecule has 12 nitrogen and oxygen atoms in total. The molecule has 5 heterocycles. The minimum absolute atomic E-state index is 0.132. The van der Waals surface area contributed by atoms with Gasteiger partial charge in [-0.25, -0.2) is 4.98 Å². The first-order valence-electron chi connectivity index (χ1n) is 28.4. The summed E-state index contributed by atoms with van der Waals surface area (Å²) in [5, 5.41) is 3.16. The Kier molecular flexibility index (Phi) is 24.1. The lowest BCUT2D eigenvalue weighted by molar-refractivity contribution is -0.143. The van der Waals surface area contributed by atoms with Crippen molar-refractivity contribution in [2.75, 3.05) is 33.5 Å². The molecule has 8 bridgehead atoms. The Bertz CT molecular complexity index is 2650. The Hall–Kier alpha value is -5.33. The molecule has 2 aliphatic heterocycles. The third kappa shape index (κ3) is 16.8. The van der Waals surface area contributed by atoms with Gasteiger partial charge in [0.2, 0.25) is 0 Å². The predicted molar refractivity (Wildman–Crippen MR) is 307 cm³/mol. The number of allylic oxidation sites excluding steroid dienone is 2. The molecule has 412 valence electrons. The maximum absolute atomic E-state index is 14.7. The molecule has 1 amide bonds. The monoisotopic (exact) mass is 1030 g/mol. The van der Waals surface area contributed by atoms with E-state index in [0.717, 1.165) is 81.1 Å². The first-order valence-corrected chi connectivity index (χ1v) is 28.4. The van der Waals surface area contributed by atoms with Crippen LogP contribution in [-0.2, 0) is 46.2 Å². The summed E-state index contributed by atoms with van der Waals surface area (Å²) in [6.45, 7) is 31.5. The number of nitrogens with one attached hydrogen (secondary N) is 3. The summed E-state index contributed by atoms with van der Waals surface area (Å²) < 4.78 is 22.8. The molecular formula is C63H93N5O7. The van der Waals surface area contributed by atoms with Crippen molar-refractivity contribution in [2.24, 2.45) is 17.8 Å². The van der Waals surface area contributed by atoms with Crippen LogP contribution < -0.4 is 5.32 Å². The number of hydrogen-bond donors (Lipinski definition) is 3. The van der Waals surface area contributed by atoms with Gasteiger partial charge in [-0.05, 0) is 138 Å². The Morgan fingerprint density at radius 3 is 2.07 bits per heavy atom. The van der Waals surface area contributed by atoms with E-state index >= 15 is 0 Å². The molecule has 0 saturated heterocycles. The van der Waals surface area contributed by atoms with Gasteiger partial charge in [-0.2, -0.15) is 0 Å². The number of methoxy groups -OCH3 is 1. The number of carbonyl (C=O) groups is 3. The minimum atomic E-state index is -0.496. The molecule has 0 aromatic carbocycles. The number of carbonyl (C=O) groups excluding carboxylic acids is 3. The SMILES string of the molecule is C=Cc1c(C)c2cc3nc(c(CC(=O)OC)c4nc(cc5[nH]c(cc1[nH]2)c(C)c5CC)C(C)=C4C(=O)NCCCC(OCC)OCC)C(CCC(=O)OCC=C(C)CCCC(C)CCCC(C)CCCC(C)C)C3C. The van der Waals surface area contributed by atoms with Crippen LogP contribution in [0.5, 0.6) is 0 Å². The van der Waals surface area contributed by atoms with Gasteiger partial charge in [0, 0.05) is 83.3 Å². The summed E-state index contributed by atoms with van der Waals surface area (Å²) in [4.78, 5) is 60.0. The van der Waals surface area contributed by atoms with Crippen molar-refractivity contribution in [1.29, 1.82) is 0 Å². The van der Waals surface area contributed by atoms with E-state index in [1.807, 2.05) is 39.0 Å². The van der Waals surface area contributed by atoms with Gasteiger partial charge in [-0.3, -0.25) is 19.4 Å². The number of nitrogens with zero attached hydrogens (tertiary/aromatic N) is 2. The number of hydrogen-bond acceptors (Lipinski definition) is 9. The second-order valence-electron chi connectivity index (χ2n) is 21.8. The van der Waals surface area contributed by atoms with E-state index in [1.54, 1.807) is 0 Å². The van der Waals surface area contributed by atoms with Crippen molar-refractivity contribution in [2.45, 2.75) is 198 Å². The number of esters is 2. The molecule has 4 atom stereocenters. The summed E-state index contributed by atoms with van der Waals surface area (Å²) in [6.07, 6.45) is 17.1. The van der Waals surface area contributed by atoms with Crippen LogP contribution in [0.2, 0.25) is 0 Å². The van der Waals surface area contributed by atoms with Crippen LogP contribution in [0.3, 0.4) is 0 Å². The third-order valence-electron chi connectivity index (χ3n) is 15.6. The highest BCUT2D eigenvalue weighted by atomic mass is 16.7. The number of fused-ring (bicyclic) bond motifs is 8. The lowest BCUT2D eigenvalue weighted by Crippen LogP contribution is -2.27. The highest BCUT2D eigenvalue weighted by molar-refractivity contribution is 6.27. The molecule has 2 aliphatic rings. The van der Waals surface area contributed by atoms with E-state index in [9.17, 15) is 14.4 Å². The summed E-state index contributed by atoms with van der Waals surface area (Å²) in [6, 6.07) is 6.19. The fourth-order valence-corrected chi connectivity index (χ4v) is 10.9. The zero-order valence-electron chi connectivity index (χ0n) is 48.2. The number of aryl methyl sites for hydroxylation is 3. The Balaban J connectivity index is 1.48. The van der Waals surface area contributed by atoms with Gasteiger partial charge >= 0.3 is 11.9 Å². The smallest absolute Gasteiger partial charge is 0.310 e. The maximum Gasteiger partial charge on any atom is 0.310 e. The molecular weight excluding hydrogens is 939 g/mol. The molecule has 75 heavy (non-hydrogen) atoms. The van der Waals surface area contributed by atoms with Crippen LogP contribution in [0, 0.1) is 31.6 Å². The molecule has 3 aromatic rings.